The predicted octanol–water partition coefficient (Wildman–Crippen LogP) is 2.54. The van der Waals surface area contributed by atoms with Gasteiger partial charge in [-0.15, -0.1) is 5.10 Å². The summed E-state index contributed by atoms with van der Waals surface area (Å²) in [6.07, 6.45) is 4.77. The zero-order valence-electron chi connectivity index (χ0n) is 14.1. The highest BCUT2D eigenvalue weighted by atomic mass is 15.5. The van der Waals surface area contributed by atoms with Crippen LogP contribution in [0.25, 0.3) is 16.9 Å². The molecule has 0 bridgehead atoms. The average molecular weight is 343 g/mol. The molecule has 2 aromatic heterocycles. The number of hydrogen-bond acceptors (Lipinski definition) is 5. The Morgan fingerprint density at radius 2 is 1.96 bits per heavy atom. The fraction of sp³-hybridized carbons (Fsp3) is 0.158. The van der Waals surface area contributed by atoms with Crippen molar-refractivity contribution in [3.8, 4) is 16.9 Å². The maximum atomic E-state index is 4.52. The Labute approximate surface area is 150 Å². The molecule has 0 atom stereocenters. The minimum Gasteiger partial charge on any atom is -0.384 e. The van der Waals surface area contributed by atoms with E-state index in [2.05, 4.69) is 44.0 Å². The third-order valence-electron chi connectivity index (χ3n) is 4.51. The van der Waals surface area contributed by atoms with Gasteiger partial charge in [0.25, 0.3) is 0 Å². The summed E-state index contributed by atoms with van der Waals surface area (Å²) in [5.74, 6) is 0. The van der Waals surface area contributed by atoms with E-state index in [4.69, 9.17) is 0 Å². The molecule has 7 heteroatoms. The lowest BCUT2D eigenvalue weighted by Crippen LogP contribution is -2.03. The lowest BCUT2D eigenvalue weighted by atomic mass is 10.1. The van der Waals surface area contributed by atoms with Gasteiger partial charge in [-0.3, -0.25) is 0 Å². The Kier molecular flexibility index (Phi) is 3.48. The standard InChI is InChI=1S/C19H17N7/c1-2-6-16(7-3-1)26-21-11-15(23-26)12-25-13-18(22-24-25)17-8-4-5-14-9-10-20-19(14)17/h1-8,11,13,20H,9-10,12H2. The van der Waals surface area contributed by atoms with Gasteiger partial charge >= 0.3 is 0 Å². The van der Waals surface area contributed by atoms with E-state index >= 15 is 0 Å². The number of hydrogen-bond donors (Lipinski definition) is 1. The molecule has 2 aromatic carbocycles. The highest BCUT2D eigenvalue weighted by molar-refractivity contribution is 5.79. The van der Waals surface area contributed by atoms with Crippen LogP contribution in [0, 0.1) is 0 Å². The lowest BCUT2D eigenvalue weighted by Gasteiger charge is -2.05. The van der Waals surface area contributed by atoms with Crippen molar-refractivity contribution in [2.75, 3.05) is 11.9 Å². The second-order valence-corrected chi connectivity index (χ2v) is 6.28. The SMILES string of the molecule is c1ccc(-n2ncc(Cn3cc(-c4cccc5c4NCC5)nn3)n2)cc1. The number of aromatic nitrogens is 6. The van der Waals surface area contributed by atoms with E-state index in [0.29, 0.717) is 6.54 Å². The number of fused-ring (bicyclic) bond motifs is 1. The van der Waals surface area contributed by atoms with Gasteiger partial charge in [0.15, 0.2) is 0 Å². The summed E-state index contributed by atoms with van der Waals surface area (Å²) < 4.78 is 1.79. The third kappa shape index (κ3) is 2.63. The molecular formula is C19H17N7. The van der Waals surface area contributed by atoms with Gasteiger partial charge < -0.3 is 5.32 Å². The second kappa shape index (κ2) is 6.11. The number of nitrogens with zero attached hydrogens (tertiary/aromatic N) is 6. The molecule has 0 unspecified atom stereocenters. The third-order valence-corrected chi connectivity index (χ3v) is 4.51. The van der Waals surface area contributed by atoms with Crippen LogP contribution in [0.3, 0.4) is 0 Å². The maximum absolute atomic E-state index is 4.52. The van der Waals surface area contributed by atoms with Crippen molar-refractivity contribution in [2.24, 2.45) is 0 Å². The molecule has 1 N–H and O–H groups in total. The number of benzene rings is 2. The first-order chi connectivity index (χ1) is 12.9. The molecule has 0 saturated carbocycles. The van der Waals surface area contributed by atoms with Gasteiger partial charge in [-0.2, -0.15) is 15.0 Å². The van der Waals surface area contributed by atoms with E-state index in [1.165, 1.54) is 11.3 Å². The topological polar surface area (TPSA) is 73.5 Å². The van der Waals surface area contributed by atoms with Gasteiger partial charge in [0.05, 0.1) is 24.6 Å². The number of para-hydroxylation sites is 2. The summed E-state index contributed by atoms with van der Waals surface area (Å²) in [4.78, 5) is 1.63. The first-order valence-corrected chi connectivity index (χ1v) is 8.60. The summed E-state index contributed by atoms with van der Waals surface area (Å²) in [5.41, 5.74) is 6.24. The molecule has 0 aliphatic carbocycles. The number of rotatable bonds is 4. The summed E-state index contributed by atoms with van der Waals surface area (Å²) in [7, 11) is 0. The van der Waals surface area contributed by atoms with Crippen molar-refractivity contribution >= 4 is 5.69 Å². The van der Waals surface area contributed by atoms with Gasteiger partial charge in [0, 0.05) is 17.8 Å². The zero-order valence-corrected chi connectivity index (χ0v) is 14.1. The van der Waals surface area contributed by atoms with Gasteiger partial charge in [0.1, 0.15) is 11.4 Å². The van der Waals surface area contributed by atoms with Crippen LogP contribution in [0.15, 0.2) is 60.9 Å². The van der Waals surface area contributed by atoms with E-state index < -0.39 is 0 Å². The van der Waals surface area contributed by atoms with Crippen LogP contribution in [-0.2, 0) is 13.0 Å². The van der Waals surface area contributed by atoms with Crippen LogP contribution < -0.4 is 5.32 Å². The molecule has 1 aliphatic rings. The van der Waals surface area contributed by atoms with Crippen molar-refractivity contribution in [1.82, 2.24) is 30.0 Å². The van der Waals surface area contributed by atoms with Crippen molar-refractivity contribution in [3.05, 3.63) is 72.2 Å². The van der Waals surface area contributed by atoms with Crippen molar-refractivity contribution in [1.29, 1.82) is 0 Å². The molecule has 3 heterocycles. The predicted molar refractivity (Wildman–Crippen MR) is 98.1 cm³/mol. The highest BCUT2D eigenvalue weighted by Gasteiger charge is 2.17. The van der Waals surface area contributed by atoms with Crippen molar-refractivity contribution in [3.63, 3.8) is 0 Å². The molecule has 7 nitrogen and oxygen atoms in total. The Bertz CT molecular complexity index is 1050. The van der Waals surface area contributed by atoms with Gasteiger partial charge in [-0.1, -0.05) is 41.6 Å². The molecule has 1 aliphatic heterocycles. The van der Waals surface area contributed by atoms with Crippen LogP contribution in [-0.4, -0.2) is 36.5 Å². The molecule has 0 radical (unpaired) electrons. The first-order valence-electron chi connectivity index (χ1n) is 8.60. The smallest absolute Gasteiger partial charge is 0.115 e. The summed E-state index contributed by atoms with van der Waals surface area (Å²) in [6.45, 7) is 1.51. The summed E-state index contributed by atoms with van der Waals surface area (Å²) >= 11 is 0. The van der Waals surface area contributed by atoms with Crippen LogP contribution in [0.2, 0.25) is 0 Å². The molecule has 128 valence electrons. The average Bonchev–Trinajstić information content (AvgIpc) is 3.43. The Morgan fingerprint density at radius 1 is 1.04 bits per heavy atom. The molecule has 4 aromatic rings. The monoisotopic (exact) mass is 343 g/mol. The van der Waals surface area contributed by atoms with E-state index in [0.717, 1.165) is 35.6 Å². The van der Waals surface area contributed by atoms with Crippen LogP contribution in [0.1, 0.15) is 11.3 Å². The highest BCUT2D eigenvalue weighted by Crippen LogP contribution is 2.32. The van der Waals surface area contributed by atoms with Gasteiger partial charge in [-0.05, 0) is 24.1 Å². The Hall–Kier alpha value is -3.48. The van der Waals surface area contributed by atoms with Crippen LogP contribution in [0.4, 0.5) is 5.69 Å². The zero-order chi connectivity index (χ0) is 17.3. The second-order valence-electron chi connectivity index (χ2n) is 6.28. The fourth-order valence-corrected chi connectivity index (χ4v) is 3.27. The molecule has 26 heavy (non-hydrogen) atoms. The van der Waals surface area contributed by atoms with Crippen LogP contribution in [0.5, 0.6) is 0 Å². The lowest BCUT2D eigenvalue weighted by molar-refractivity contribution is 0.629. The quantitative estimate of drug-likeness (QED) is 0.616. The molecule has 0 spiro atoms. The minimum atomic E-state index is 0.530. The van der Waals surface area contributed by atoms with E-state index in [-0.39, 0.29) is 0 Å². The maximum Gasteiger partial charge on any atom is 0.115 e. The molecule has 0 saturated heterocycles. The number of anilines is 1. The van der Waals surface area contributed by atoms with Gasteiger partial charge in [-0.25, -0.2) is 4.68 Å². The van der Waals surface area contributed by atoms with Crippen molar-refractivity contribution < 1.29 is 0 Å². The molecule has 5 rings (SSSR count). The van der Waals surface area contributed by atoms with Crippen molar-refractivity contribution in [2.45, 2.75) is 13.0 Å². The largest absolute Gasteiger partial charge is 0.384 e. The minimum absolute atomic E-state index is 0.530. The fourth-order valence-electron chi connectivity index (χ4n) is 3.27. The van der Waals surface area contributed by atoms with Crippen LogP contribution >= 0.6 is 0 Å². The summed E-state index contributed by atoms with van der Waals surface area (Å²) in [6, 6.07) is 16.2. The molecule has 0 amide bonds. The number of nitrogens with one attached hydrogen (secondary N) is 1. The van der Waals surface area contributed by atoms with Gasteiger partial charge in [0.2, 0.25) is 0 Å². The molecule has 0 fully saturated rings. The normalized spacial score (nSPS) is 12.8. The molecular weight excluding hydrogens is 326 g/mol. The van der Waals surface area contributed by atoms with E-state index in [1.54, 1.807) is 15.7 Å². The Balaban J connectivity index is 1.39. The Morgan fingerprint density at radius 3 is 2.88 bits per heavy atom. The first kappa shape index (κ1) is 14.8. The summed E-state index contributed by atoms with van der Waals surface area (Å²) in [5, 5.41) is 20.9. The van der Waals surface area contributed by atoms with E-state index in [1.807, 2.05) is 36.5 Å². The van der Waals surface area contributed by atoms with E-state index in [9.17, 15) is 0 Å².